The Hall–Kier alpha value is -3.92. The highest BCUT2D eigenvalue weighted by Gasteiger charge is 2.76. The van der Waals surface area contributed by atoms with Crippen LogP contribution in [0.15, 0.2) is 97.3 Å². The van der Waals surface area contributed by atoms with Gasteiger partial charge in [-0.25, -0.2) is 9.97 Å². The van der Waals surface area contributed by atoms with Gasteiger partial charge in [0.25, 0.3) is 0 Å². The van der Waals surface area contributed by atoms with Crippen LogP contribution in [0.3, 0.4) is 0 Å². The van der Waals surface area contributed by atoms with Gasteiger partial charge in [-0.05, 0) is 47.4 Å². The summed E-state index contributed by atoms with van der Waals surface area (Å²) >= 11 is 0. The summed E-state index contributed by atoms with van der Waals surface area (Å²) in [6, 6.07) is 26.0. The van der Waals surface area contributed by atoms with Gasteiger partial charge in [0.2, 0.25) is 0 Å². The molecule has 0 N–H and O–H groups in total. The molecular formula is C30H26N4. The number of para-hydroxylation sites is 1. The Labute approximate surface area is 200 Å². The van der Waals surface area contributed by atoms with Gasteiger partial charge in [-0.15, -0.1) is 0 Å². The molecule has 4 heteroatoms. The average Bonchev–Trinajstić information content (AvgIpc) is 3.15. The van der Waals surface area contributed by atoms with Gasteiger partial charge < -0.3 is 9.80 Å². The molecule has 3 aromatic carbocycles. The highest BCUT2D eigenvalue weighted by molar-refractivity contribution is 5.92. The minimum atomic E-state index is -0.137. The predicted octanol–water partition coefficient (Wildman–Crippen LogP) is 6.92. The molecule has 0 bridgehead atoms. The minimum absolute atomic E-state index is 0.0180. The monoisotopic (exact) mass is 442 g/mol. The Morgan fingerprint density at radius 3 is 2.24 bits per heavy atom. The van der Waals surface area contributed by atoms with Crippen molar-refractivity contribution in [3.8, 4) is 11.1 Å². The van der Waals surface area contributed by atoms with Gasteiger partial charge in [0.05, 0.1) is 0 Å². The number of rotatable bonds is 2. The lowest BCUT2D eigenvalue weighted by molar-refractivity contribution is 0.376. The number of hydrogen-bond acceptors (Lipinski definition) is 4. The van der Waals surface area contributed by atoms with Crippen LogP contribution < -0.4 is 9.80 Å². The molecule has 1 fully saturated rings. The van der Waals surface area contributed by atoms with Gasteiger partial charge in [-0.3, -0.25) is 0 Å². The lowest BCUT2D eigenvalue weighted by Crippen LogP contribution is -2.50. The van der Waals surface area contributed by atoms with Crippen molar-refractivity contribution >= 4 is 23.0 Å². The Bertz CT molecular complexity index is 1490. The molecule has 3 heterocycles. The molecule has 3 atom stereocenters. The van der Waals surface area contributed by atoms with Crippen LogP contribution in [-0.4, -0.2) is 16.1 Å². The van der Waals surface area contributed by atoms with Crippen molar-refractivity contribution in [1.82, 2.24) is 9.97 Å². The van der Waals surface area contributed by atoms with Crippen LogP contribution in [0.2, 0.25) is 0 Å². The van der Waals surface area contributed by atoms with E-state index in [-0.39, 0.29) is 17.0 Å². The summed E-state index contributed by atoms with van der Waals surface area (Å²) in [5.74, 6) is 1.80. The van der Waals surface area contributed by atoms with Crippen LogP contribution in [0.4, 0.5) is 23.0 Å². The Balaban J connectivity index is 1.52. The fourth-order valence-electron chi connectivity index (χ4n) is 6.50. The van der Waals surface area contributed by atoms with Crippen LogP contribution in [0.5, 0.6) is 0 Å². The number of aryl methyl sites for hydroxylation is 1. The van der Waals surface area contributed by atoms with Crippen LogP contribution in [0.1, 0.15) is 25.0 Å². The van der Waals surface area contributed by atoms with Crippen molar-refractivity contribution in [3.63, 3.8) is 0 Å². The summed E-state index contributed by atoms with van der Waals surface area (Å²) < 4.78 is 0. The van der Waals surface area contributed by atoms with Crippen molar-refractivity contribution in [1.29, 1.82) is 0 Å². The molecule has 7 rings (SSSR count). The zero-order valence-corrected chi connectivity index (χ0v) is 19.7. The Morgan fingerprint density at radius 1 is 0.824 bits per heavy atom. The second-order valence-corrected chi connectivity index (χ2v) is 10.0. The fraction of sp³-hybridized carbons (Fsp3) is 0.200. The lowest BCUT2D eigenvalue weighted by atomic mass is 9.80. The van der Waals surface area contributed by atoms with Crippen molar-refractivity contribution in [2.75, 3.05) is 9.80 Å². The molecule has 1 aliphatic carbocycles. The van der Waals surface area contributed by atoms with Crippen molar-refractivity contribution < 1.29 is 0 Å². The van der Waals surface area contributed by atoms with E-state index in [9.17, 15) is 0 Å². The van der Waals surface area contributed by atoms with Crippen LogP contribution >= 0.6 is 0 Å². The van der Waals surface area contributed by atoms with E-state index in [1.165, 1.54) is 33.5 Å². The van der Waals surface area contributed by atoms with Gasteiger partial charge >= 0.3 is 0 Å². The quantitative estimate of drug-likeness (QED) is 0.316. The van der Waals surface area contributed by atoms with Gasteiger partial charge in [-0.1, -0.05) is 80.6 Å². The summed E-state index contributed by atoms with van der Waals surface area (Å²) in [4.78, 5) is 14.5. The van der Waals surface area contributed by atoms with E-state index >= 15 is 0 Å². The number of benzene rings is 3. The molecule has 4 aromatic rings. The number of aromatic nitrogens is 2. The first-order chi connectivity index (χ1) is 16.5. The first-order valence-electron chi connectivity index (χ1n) is 11.8. The number of nitrogens with zero attached hydrogens (tertiary/aromatic N) is 4. The minimum Gasteiger partial charge on any atom is -0.301 e. The summed E-state index contributed by atoms with van der Waals surface area (Å²) in [5.41, 5.74) is 8.42. The van der Waals surface area contributed by atoms with E-state index < -0.39 is 0 Å². The van der Waals surface area contributed by atoms with E-state index in [1.54, 1.807) is 12.4 Å². The van der Waals surface area contributed by atoms with E-state index in [0.29, 0.717) is 0 Å². The topological polar surface area (TPSA) is 32.3 Å². The molecule has 0 spiro atoms. The maximum atomic E-state index is 4.86. The second kappa shape index (κ2) is 6.35. The normalized spacial score (nSPS) is 26.0. The van der Waals surface area contributed by atoms with E-state index in [4.69, 9.17) is 9.97 Å². The molecule has 4 nitrogen and oxygen atoms in total. The van der Waals surface area contributed by atoms with Gasteiger partial charge in [0.1, 0.15) is 6.17 Å². The van der Waals surface area contributed by atoms with E-state index in [1.807, 2.05) is 0 Å². The Morgan fingerprint density at radius 2 is 1.50 bits per heavy atom. The maximum Gasteiger partial charge on any atom is 0.178 e. The molecule has 0 saturated heterocycles. The molecule has 2 aliphatic heterocycles. The summed E-state index contributed by atoms with van der Waals surface area (Å²) in [6.07, 6.45) is 3.61. The molecule has 0 radical (unpaired) electrons. The molecule has 1 saturated carbocycles. The highest BCUT2D eigenvalue weighted by Crippen LogP contribution is 2.77. The predicted molar refractivity (Wildman–Crippen MR) is 138 cm³/mol. The van der Waals surface area contributed by atoms with E-state index in [0.717, 1.165) is 17.3 Å². The number of anilines is 4. The molecule has 166 valence electrons. The Kier molecular flexibility index (Phi) is 3.65. The molecule has 0 amide bonds. The molecule has 3 aliphatic rings. The second-order valence-electron chi connectivity index (χ2n) is 10.0. The van der Waals surface area contributed by atoms with Crippen LogP contribution in [0.25, 0.3) is 11.1 Å². The van der Waals surface area contributed by atoms with Crippen molar-refractivity contribution in [3.05, 3.63) is 108 Å². The van der Waals surface area contributed by atoms with Gasteiger partial charge in [0.15, 0.2) is 11.6 Å². The zero-order valence-electron chi connectivity index (χ0n) is 19.7. The van der Waals surface area contributed by atoms with Crippen molar-refractivity contribution in [2.24, 2.45) is 5.41 Å². The summed E-state index contributed by atoms with van der Waals surface area (Å²) in [5, 5.41) is 0. The molecule has 34 heavy (non-hydrogen) atoms. The first-order valence-corrected chi connectivity index (χ1v) is 11.8. The van der Waals surface area contributed by atoms with Gasteiger partial charge in [-0.2, -0.15) is 0 Å². The third-order valence-corrected chi connectivity index (χ3v) is 8.62. The van der Waals surface area contributed by atoms with Gasteiger partial charge in [0, 0.05) is 34.6 Å². The third kappa shape index (κ3) is 2.14. The molecule has 3 unspecified atom stereocenters. The highest BCUT2D eigenvalue weighted by atomic mass is 15.5. The van der Waals surface area contributed by atoms with Crippen LogP contribution in [0, 0.1) is 12.3 Å². The lowest BCUT2D eigenvalue weighted by Gasteiger charge is -2.43. The molecular weight excluding hydrogens is 416 g/mol. The SMILES string of the molecule is C=C1C2(C)c3ccc(-c4ccccc4C)cc3N3c4nccnc4N(c4ccccc4)C3C12C. The largest absolute Gasteiger partial charge is 0.301 e. The average molecular weight is 443 g/mol. The fourth-order valence-corrected chi connectivity index (χ4v) is 6.50. The zero-order chi connectivity index (χ0) is 23.2. The summed E-state index contributed by atoms with van der Waals surface area (Å²) in [7, 11) is 0. The van der Waals surface area contributed by atoms with Crippen LogP contribution in [-0.2, 0) is 5.41 Å². The summed E-state index contributed by atoms with van der Waals surface area (Å²) in [6.45, 7) is 11.5. The number of hydrogen-bond donors (Lipinski definition) is 0. The molecule has 1 aromatic heterocycles. The first kappa shape index (κ1) is 19.5. The van der Waals surface area contributed by atoms with Crippen molar-refractivity contribution in [2.45, 2.75) is 32.4 Å². The van der Waals surface area contributed by atoms with E-state index in [2.05, 4.69) is 110 Å². The maximum absolute atomic E-state index is 4.86. The number of fused-ring (bicyclic) bond motifs is 8. The standard InChI is InChI=1S/C30H26N4/c1-19-10-8-9-13-23(19)21-14-15-24-25(18-21)34-27-26(31-16-17-32-27)33(22-11-6-5-7-12-22)28(34)30(4)20(2)29(24,30)3/h5-18,28H,2H2,1,3-4H3. The third-order valence-electron chi connectivity index (χ3n) is 8.62. The smallest absolute Gasteiger partial charge is 0.178 e.